The van der Waals surface area contributed by atoms with Gasteiger partial charge in [-0.1, -0.05) is 35.9 Å². The number of benzene rings is 2. The summed E-state index contributed by atoms with van der Waals surface area (Å²) in [6.45, 7) is 0.504. The summed E-state index contributed by atoms with van der Waals surface area (Å²) in [5.74, 6) is 0.687. The largest absolute Gasteiger partial charge is 0.352 e. The lowest BCUT2D eigenvalue weighted by atomic mass is 10.2. The smallest absolute Gasteiger partial charge is 0.252 e. The number of imidazole rings is 1. The maximum absolute atomic E-state index is 12.0. The van der Waals surface area contributed by atoms with E-state index in [4.69, 9.17) is 11.6 Å². The van der Waals surface area contributed by atoms with Crippen LogP contribution >= 0.6 is 11.6 Å². The molecule has 1 amide bonds. The Bertz CT molecular complexity index is 749. The Hall–Kier alpha value is -2.33. The molecule has 21 heavy (non-hydrogen) atoms. The standard InChI is InChI=1S/C16H14ClN3O/c17-12-6-2-1-5-11(12)16(21)18-10-9-15-19-13-7-3-4-8-14(13)20-15/h1-8H,9-10H2,(H,18,21)(H,19,20). The number of carbonyl (C=O) groups is 1. The van der Waals surface area contributed by atoms with Gasteiger partial charge in [-0.05, 0) is 24.3 Å². The molecule has 2 aromatic carbocycles. The summed E-state index contributed by atoms with van der Waals surface area (Å²) >= 11 is 5.99. The van der Waals surface area contributed by atoms with Gasteiger partial charge in [0.2, 0.25) is 0 Å². The SMILES string of the molecule is O=C(NCCc1nc2ccccc2[nH]1)c1ccccc1Cl. The molecule has 0 saturated heterocycles. The summed E-state index contributed by atoms with van der Waals surface area (Å²) in [5.41, 5.74) is 2.43. The van der Waals surface area contributed by atoms with E-state index in [1.54, 1.807) is 24.3 Å². The highest BCUT2D eigenvalue weighted by Crippen LogP contribution is 2.14. The number of amides is 1. The molecule has 0 aliphatic heterocycles. The molecule has 1 aromatic heterocycles. The second-order valence-electron chi connectivity index (χ2n) is 4.69. The maximum Gasteiger partial charge on any atom is 0.252 e. The third-order valence-electron chi connectivity index (χ3n) is 3.20. The fourth-order valence-corrected chi connectivity index (χ4v) is 2.38. The predicted molar refractivity (Wildman–Crippen MR) is 83.6 cm³/mol. The van der Waals surface area contributed by atoms with E-state index in [9.17, 15) is 4.79 Å². The first-order valence-electron chi connectivity index (χ1n) is 6.70. The first-order chi connectivity index (χ1) is 10.2. The van der Waals surface area contributed by atoms with Crippen molar-refractivity contribution in [1.82, 2.24) is 15.3 Å². The van der Waals surface area contributed by atoms with Gasteiger partial charge in [0.25, 0.3) is 5.91 Å². The number of hydrogen-bond acceptors (Lipinski definition) is 2. The number of hydrogen-bond donors (Lipinski definition) is 2. The molecular formula is C16H14ClN3O. The first-order valence-corrected chi connectivity index (χ1v) is 7.08. The van der Waals surface area contributed by atoms with E-state index in [0.717, 1.165) is 16.9 Å². The van der Waals surface area contributed by atoms with Crippen LogP contribution in [0.1, 0.15) is 16.2 Å². The number of nitrogens with one attached hydrogen (secondary N) is 2. The summed E-state index contributed by atoms with van der Waals surface area (Å²) in [7, 11) is 0. The van der Waals surface area contributed by atoms with Crippen molar-refractivity contribution in [3.63, 3.8) is 0 Å². The van der Waals surface area contributed by atoms with Crippen molar-refractivity contribution in [2.24, 2.45) is 0 Å². The lowest BCUT2D eigenvalue weighted by Crippen LogP contribution is -2.26. The molecule has 0 bridgehead atoms. The van der Waals surface area contributed by atoms with E-state index < -0.39 is 0 Å². The Morgan fingerprint density at radius 2 is 1.90 bits per heavy atom. The van der Waals surface area contributed by atoms with Crippen LogP contribution in [0.15, 0.2) is 48.5 Å². The zero-order valence-electron chi connectivity index (χ0n) is 11.3. The number of nitrogens with zero attached hydrogens (tertiary/aromatic N) is 1. The molecule has 5 heteroatoms. The number of H-pyrrole nitrogens is 1. The minimum atomic E-state index is -0.170. The number of rotatable bonds is 4. The van der Waals surface area contributed by atoms with Crippen LogP contribution in [0.5, 0.6) is 0 Å². The normalized spacial score (nSPS) is 10.7. The Morgan fingerprint density at radius 3 is 2.71 bits per heavy atom. The van der Waals surface area contributed by atoms with E-state index in [0.29, 0.717) is 23.6 Å². The summed E-state index contributed by atoms with van der Waals surface area (Å²) in [4.78, 5) is 19.7. The Balaban J connectivity index is 1.61. The van der Waals surface area contributed by atoms with E-state index in [2.05, 4.69) is 15.3 Å². The number of para-hydroxylation sites is 2. The van der Waals surface area contributed by atoms with Gasteiger partial charge in [0.1, 0.15) is 5.82 Å². The quantitative estimate of drug-likeness (QED) is 0.777. The van der Waals surface area contributed by atoms with Crippen LogP contribution in [0.3, 0.4) is 0 Å². The highest BCUT2D eigenvalue weighted by molar-refractivity contribution is 6.33. The number of carbonyl (C=O) groups excluding carboxylic acids is 1. The molecule has 3 rings (SSSR count). The molecule has 0 aliphatic rings. The molecule has 106 valence electrons. The number of aromatic amines is 1. The van der Waals surface area contributed by atoms with Crippen LogP contribution in [-0.4, -0.2) is 22.4 Å². The van der Waals surface area contributed by atoms with Crippen molar-refractivity contribution in [3.8, 4) is 0 Å². The van der Waals surface area contributed by atoms with Crippen LogP contribution in [0, 0.1) is 0 Å². The van der Waals surface area contributed by atoms with Gasteiger partial charge in [0, 0.05) is 13.0 Å². The van der Waals surface area contributed by atoms with Crippen LogP contribution in [-0.2, 0) is 6.42 Å². The second-order valence-corrected chi connectivity index (χ2v) is 5.09. The van der Waals surface area contributed by atoms with Crippen molar-refractivity contribution in [1.29, 1.82) is 0 Å². The minimum Gasteiger partial charge on any atom is -0.352 e. The molecule has 2 N–H and O–H groups in total. The van der Waals surface area contributed by atoms with Gasteiger partial charge in [0.15, 0.2) is 0 Å². The monoisotopic (exact) mass is 299 g/mol. The summed E-state index contributed by atoms with van der Waals surface area (Å²) < 4.78 is 0. The van der Waals surface area contributed by atoms with Gasteiger partial charge in [-0.3, -0.25) is 4.79 Å². The topological polar surface area (TPSA) is 57.8 Å². The van der Waals surface area contributed by atoms with E-state index in [1.807, 2.05) is 24.3 Å². The van der Waals surface area contributed by atoms with E-state index in [-0.39, 0.29) is 5.91 Å². The van der Waals surface area contributed by atoms with Crippen molar-refractivity contribution in [3.05, 3.63) is 64.9 Å². The van der Waals surface area contributed by atoms with Gasteiger partial charge >= 0.3 is 0 Å². The van der Waals surface area contributed by atoms with E-state index >= 15 is 0 Å². The van der Waals surface area contributed by atoms with Crippen LogP contribution in [0.25, 0.3) is 11.0 Å². The molecule has 0 radical (unpaired) electrons. The van der Waals surface area contributed by atoms with Crippen molar-refractivity contribution in [2.75, 3.05) is 6.54 Å². The summed E-state index contributed by atoms with van der Waals surface area (Å²) in [6.07, 6.45) is 0.644. The number of aromatic nitrogens is 2. The fraction of sp³-hybridized carbons (Fsp3) is 0.125. The first kappa shape index (κ1) is 13.6. The molecule has 0 atom stereocenters. The third kappa shape index (κ3) is 3.06. The molecule has 0 aliphatic carbocycles. The van der Waals surface area contributed by atoms with Crippen molar-refractivity contribution in [2.45, 2.75) is 6.42 Å². The Kier molecular flexibility index (Phi) is 3.88. The highest BCUT2D eigenvalue weighted by Gasteiger charge is 2.09. The maximum atomic E-state index is 12.0. The van der Waals surface area contributed by atoms with Gasteiger partial charge in [-0.25, -0.2) is 4.98 Å². The number of halogens is 1. The van der Waals surface area contributed by atoms with Gasteiger partial charge < -0.3 is 10.3 Å². The molecule has 1 heterocycles. The lowest BCUT2D eigenvalue weighted by molar-refractivity contribution is 0.0954. The van der Waals surface area contributed by atoms with E-state index in [1.165, 1.54) is 0 Å². The molecule has 0 fully saturated rings. The average Bonchev–Trinajstić information content (AvgIpc) is 2.90. The fourth-order valence-electron chi connectivity index (χ4n) is 2.16. The Labute approximate surface area is 127 Å². The second kappa shape index (κ2) is 5.97. The molecular weight excluding hydrogens is 286 g/mol. The van der Waals surface area contributed by atoms with Crippen LogP contribution < -0.4 is 5.32 Å². The molecule has 0 saturated carbocycles. The zero-order valence-corrected chi connectivity index (χ0v) is 12.0. The third-order valence-corrected chi connectivity index (χ3v) is 3.53. The highest BCUT2D eigenvalue weighted by atomic mass is 35.5. The van der Waals surface area contributed by atoms with Crippen LogP contribution in [0.4, 0.5) is 0 Å². The van der Waals surface area contributed by atoms with Gasteiger partial charge in [0.05, 0.1) is 21.6 Å². The van der Waals surface area contributed by atoms with Gasteiger partial charge in [-0.2, -0.15) is 0 Å². The molecule has 0 unspecified atom stereocenters. The lowest BCUT2D eigenvalue weighted by Gasteiger charge is -2.05. The molecule has 4 nitrogen and oxygen atoms in total. The van der Waals surface area contributed by atoms with Crippen molar-refractivity contribution < 1.29 is 4.79 Å². The molecule has 0 spiro atoms. The van der Waals surface area contributed by atoms with Gasteiger partial charge in [-0.15, -0.1) is 0 Å². The zero-order chi connectivity index (χ0) is 14.7. The van der Waals surface area contributed by atoms with Crippen LogP contribution in [0.2, 0.25) is 5.02 Å². The minimum absolute atomic E-state index is 0.170. The predicted octanol–water partition coefficient (Wildman–Crippen LogP) is 3.19. The Morgan fingerprint density at radius 1 is 1.14 bits per heavy atom. The van der Waals surface area contributed by atoms with Crippen molar-refractivity contribution >= 4 is 28.5 Å². The number of fused-ring (bicyclic) bond motifs is 1. The summed E-state index contributed by atoms with van der Waals surface area (Å²) in [6, 6.07) is 14.9. The summed E-state index contributed by atoms with van der Waals surface area (Å²) in [5, 5.41) is 3.31. The molecule has 3 aromatic rings. The average molecular weight is 300 g/mol.